The Balaban J connectivity index is 1.58. The summed E-state index contributed by atoms with van der Waals surface area (Å²) in [4.78, 5) is 13.0. The van der Waals surface area contributed by atoms with Gasteiger partial charge in [-0.3, -0.25) is 9.89 Å². The molecule has 0 saturated heterocycles. The molecule has 2 heterocycles. The summed E-state index contributed by atoms with van der Waals surface area (Å²) in [6.07, 6.45) is 4.46. The number of ketones is 1. The number of Topliss-reactive ketones (excluding diaryl/α,β-unsaturated/α-hetero) is 1. The SMILES string of the molecule is Cc1ccc(CC(=O)C[C@H](CCCO)c2noc(-c3cc(CC(C)C)[nH]n3)c2C2CC2)c(F)c1. The Morgan fingerprint density at radius 3 is 2.76 bits per heavy atom. The Labute approximate surface area is 199 Å². The van der Waals surface area contributed by atoms with Gasteiger partial charge in [-0.25, -0.2) is 4.39 Å². The third-order valence-electron chi connectivity index (χ3n) is 6.40. The Morgan fingerprint density at radius 1 is 1.29 bits per heavy atom. The summed E-state index contributed by atoms with van der Waals surface area (Å²) in [7, 11) is 0. The van der Waals surface area contributed by atoms with Crippen LogP contribution in [-0.2, 0) is 17.6 Å². The van der Waals surface area contributed by atoms with Crippen molar-refractivity contribution in [2.45, 2.75) is 77.6 Å². The second-order valence-electron chi connectivity index (χ2n) is 10.0. The number of benzene rings is 1. The summed E-state index contributed by atoms with van der Waals surface area (Å²) < 4.78 is 20.1. The van der Waals surface area contributed by atoms with Crippen molar-refractivity contribution in [1.82, 2.24) is 15.4 Å². The molecule has 2 aromatic heterocycles. The summed E-state index contributed by atoms with van der Waals surface area (Å²) in [6.45, 7) is 6.19. The van der Waals surface area contributed by atoms with E-state index in [2.05, 4.69) is 29.2 Å². The molecule has 4 rings (SSSR count). The highest BCUT2D eigenvalue weighted by Gasteiger charge is 2.36. The van der Waals surface area contributed by atoms with Crippen LogP contribution in [0.2, 0.25) is 0 Å². The van der Waals surface area contributed by atoms with Gasteiger partial charge in [0.15, 0.2) is 5.76 Å². The van der Waals surface area contributed by atoms with E-state index in [-0.39, 0.29) is 37.0 Å². The normalized spacial score (nSPS) is 14.6. The van der Waals surface area contributed by atoms with Crippen molar-refractivity contribution in [3.8, 4) is 11.5 Å². The number of aromatic nitrogens is 3. The van der Waals surface area contributed by atoms with Crippen molar-refractivity contribution in [1.29, 1.82) is 0 Å². The van der Waals surface area contributed by atoms with Crippen LogP contribution in [0.1, 0.15) is 85.9 Å². The predicted molar refractivity (Wildman–Crippen MR) is 128 cm³/mol. The third-order valence-corrected chi connectivity index (χ3v) is 6.40. The molecular weight excluding hydrogens is 433 g/mol. The molecule has 3 aromatic rings. The van der Waals surface area contributed by atoms with Gasteiger partial charge in [-0.1, -0.05) is 31.1 Å². The monoisotopic (exact) mass is 467 g/mol. The van der Waals surface area contributed by atoms with E-state index >= 15 is 0 Å². The zero-order valence-electron chi connectivity index (χ0n) is 20.2. The number of aryl methyl sites for hydroxylation is 1. The fraction of sp³-hybridized carbons (Fsp3) is 0.519. The number of halogens is 1. The lowest BCUT2D eigenvalue weighted by atomic mass is 9.87. The highest BCUT2D eigenvalue weighted by molar-refractivity contribution is 5.82. The minimum atomic E-state index is -0.349. The molecule has 0 unspecified atom stereocenters. The smallest absolute Gasteiger partial charge is 0.190 e. The van der Waals surface area contributed by atoms with E-state index < -0.39 is 0 Å². The second kappa shape index (κ2) is 10.6. The van der Waals surface area contributed by atoms with Gasteiger partial charge < -0.3 is 9.63 Å². The summed E-state index contributed by atoms with van der Waals surface area (Å²) in [5.41, 5.74) is 4.86. The van der Waals surface area contributed by atoms with Crippen LogP contribution in [0.5, 0.6) is 0 Å². The summed E-state index contributed by atoms with van der Waals surface area (Å²) in [5.74, 6) is 0.955. The second-order valence-corrected chi connectivity index (χ2v) is 10.0. The molecule has 1 fully saturated rings. The number of aromatic amines is 1. The zero-order valence-corrected chi connectivity index (χ0v) is 20.2. The van der Waals surface area contributed by atoms with Gasteiger partial charge in [0.25, 0.3) is 0 Å². The number of hydrogen-bond acceptors (Lipinski definition) is 5. The van der Waals surface area contributed by atoms with Crippen molar-refractivity contribution < 1.29 is 18.8 Å². The summed E-state index contributed by atoms with van der Waals surface area (Å²) in [5, 5.41) is 21.5. The van der Waals surface area contributed by atoms with E-state index in [4.69, 9.17) is 4.52 Å². The lowest BCUT2D eigenvalue weighted by Gasteiger charge is -2.15. The molecule has 0 radical (unpaired) electrons. The van der Waals surface area contributed by atoms with Gasteiger partial charge in [-0.15, -0.1) is 0 Å². The van der Waals surface area contributed by atoms with Gasteiger partial charge >= 0.3 is 0 Å². The minimum absolute atomic E-state index is 0.0404. The van der Waals surface area contributed by atoms with Gasteiger partial charge in [0.2, 0.25) is 0 Å². The fourth-order valence-corrected chi connectivity index (χ4v) is 4.61. The van der Waals surface area contributed by atoms with Crippen LogP contribution >= 0.6 is 0 Å². The van der Waals surface area contributed by atoms with Crippen LogP contribution < -0.4 is 0 Å². The quantitative estimate of drug-likeness (QED) is 0.359. The first-order valence-corrected chi connectivity index (χ1v) is 12.3. The molecule has 1 aromatic carbocycles. The molecule has 6 nitrogen and oxygen atoms in total. The molecule has 1 aliphatic rings. The number of carbonyl (C=O) groups is 1. The average molecular weight is 468 g/mol. The van der Waals surface area contributed by atoms with Crippen LogP contribution in [0.25, 0.3) is 11.5 Å². The molecule has 34 heavy (non-hydrogen) atoms. The van der Waals surface area contributed by atoms with Crippen molar-refractivity contribution in [3.63, 3.8) is 0 Å². The Bertz CT molecular complexity index is 1130. The standard InChI is InChI=1S/C27H34FN3O3/c1-16(2)11-21-15-24(30-29-21)27-25(18-8-9-18)26(31-34-27)20(5-4-10-32)14-22(33)13-19-7-6-17(3)12-23(19)28/h6-7,12,15-16,18,20,32H,4-5,8-11,13-14H2,1-3H3,(H,29,30)/t20-/m0/s1. The Kier molecular flexibility index (Phi) is 7.61. The summed E-state index contributed by atoms with van der Waals surface area (Å²) in [6, 6.07) is 6.98. The molecule has 1 atom stereocenters. The number of rotatable bonds is 12. The lowest BCUT2D eigenvalue weighted by molar-refractivity contribution is -0.118. The van der Waals surface area contributed by atoms with Gasteiger partial charge in [0.05, 0.1) is 5.69 Å². The number of hydrogen-bond donors (Lipinski definition) is 2. The fourth-order valence-electron chi connectivity index (χ4n) is 4.61. The van der Waals surface area contributed by atoms with Crippen molar-refractivity contribution in [2.75, 3.05) is 6.61 Å². The highest BCUT2D eigenvalue weighted by Crippen LogP contribution is 2.48. The molecule has 182 valence electrons. The van der Waals surface area contributed by atoms with Crippen LogP contribution in [0.15, 0.2) is 28.8 Å². The molecule has 1 aliphatic carbocycles. The molecule has 2 N–H and O–H groups in total. The number of H-pyrrole nitrogens is 1. The van der Waals surface area contributed by atoms with Gasteiger partial charge in [-0.2, -0.15) is 5.10 Å². The molecule has 7 heteroatoms. The van der Waals surface area contributed by atoms with Gasteiger partial charge in [0, 0.05) is 36.6 Å². The van der Waals surface area contributed by atoms with Crippen LogP contribution in [0, 0.1) is 18.7 Å². The first kappa shape index (κ1) is 24.3. The van der Waals surface area contributed by atoms with Gasteiger partial charge in [0.1, 0.15) is 17.3 Å². The number of carbonyl (C=O) groups excluding carboxylic acids is 1. The van der Waals surface area contributed by atoms with Crippen LogP contribution in [0.3, 0.4) is 0 Å². The Morgan fingerprint density at radius 2 is 2.09 bits per heavy atom. The number of nitrogens with zero attached hydrogens (tertiary/aromatic N) is 2. The van der Waals surface area contributed by atoms with Crippen molar-refractivity contribution >= 4 is 5.78 Å². The lowest BCUT2D eigenvalue weighted by Crippen LogP contribution is -2.13. The zero-order chi connectivity index (χ0) is 24.2. The first-order chi connectivity index (χ1) is 16.4. The molecule has 0 aliphatic heterocycles. The van der Waals surface area contributed by atoms with E-state index in [0.717, 1.165) is 47.5 Å². The minimum Gasteiger partial charge on any atom is -0.396 e. The van der Waals surface area contributed by atoms with E-state index in [1.165, 1.54) is 6.07 Å². The average Bonchev–Trinajstić information content (AvgIpc) is 3.36. The molecule has 1 saturated carbocycles. The molecule has 0 bridgehead atoms. The number of aliphatic hydroxyl groups excluding tert-OH is 1. The maximum absolute atomic E-state index is 14.3. The molecule has 0 amide bonds. The third kappa shape index (κ3) is 5.81. The maximum Gasteiger partial charge on any atom is 0.190 e. The van der Waals surface area contributed by atoms with Crippen molar-refractivity contribution in [3.05, 3.63) is 58.2 Å². The van der Waals surface area contributed by atoms with E-state index in [1.807, 2.05) is 19.1 Å². The predicted octanol–water partition coefficient (Wildman–Crippen LogP) is 5.65. The van der Waals surface area contributed by atoms with E-state index in [1.54, 1.807) is 6.07 Å². The summed E-state index contributed by atoms with van der Waals surface area (Å²) >= 11 is 0. The molecular formula is C27H34FN3O3. The van der Waals surface area contributed by atoms with E-state index in [0.29, 0.717) is 36.0 Å². The van der Waals surface area contributed by atoms with E-state index in [9.17, 15) is 14.3 Å². The van der Waals surface area contributed by atoms with Crippen LogP contribution in [-0.4, -0.2) is 32.9 Å². The topological polar surface area (TPSA) is 92.0 Å². The number of aliphatic hydroxyl groups is 1. The van der Waals surface area contributed by atoms with Crippen LogP contribution in [0.4, 0.5) is 4.39 Å². The Hall–Kier alpha value is -2.80. The largest absolute Gasteiger partial charge is 0.396 e. The van der Waals surface area contributed by atoms with Gasteiger partial charge in [-0.05, 0) is 74.1 Å². The maximum atomic E-state index is 14.3. The highest BCUT2D eigenvalue weighted by atomic mass is 19.1. The van der Waals surface area contributed by atoms with Crippen molar-refractivity contribution in [2.24, 2.45) is 5.92 Å². The number of nitrogens with one attached hydrogen (secondary N) is 1. The first-order valence-electron chi connectivity index (χ1n) is 12.3. The molecule has 0 spiro atoms.